The number of carbonyl (C=O) groups excluding carboxylic acids is 4. The molecule has 4 amide bonds. The molecule has 2 aliphatic rings. The van der Waals surface area contributed by atoms with Gasteiger partial charge in [-0.3, -0.25) is 29.0 Å². The standard InChI is InChI=1S/2C7H11NO2S/c1-3-8-6(9)4-5(11-2)7(8)10;1-3-11-5-4-6(9)8(2)7(5)10/h2*5H,3-4H2,1-2H3. The first kappa shape index (κ1) is 19.0. The van der Waals surface area contributed by atoms with Crippen LogP contribution in [0.2, 0.25) is 0 Å². The van der Waals surface area contributed by atoms with Gasteiger partial charge in [0.25, 0.3) is 0 Å². The van der Waals surface area contributed by atoms with Crippen molar-refractivity contribution >= 4 is 47.2 Å². The van der Waals surface area contributed by atoms with E-state index in [1.165, 1.54) is 21.6 Å². The maximum Gasteiger partial charge on any atom is 0.242 e. The minimum atomic E-state index is -0.123. The molecule has 0 saturated carbocycles. The smallest absolute Gasteiger partial charge is 0.242 e. The molecule has 0 radical (unpaired) electrons. The number of nitrogens with zero attached hydrogens (tertiary/aromatic N) is 2. The van der Waals surface area contributed by atoms with Crippen LogP contribution in [0.15, 0.2) is 0 Å². The topological polar surface area (TPSA) is 74.8 Å². The van der Waals surface area contributed by atoms with Crippen LogP contribution >= 0.6 is 23.5 Å². The van der Waals surface area contributed by atoms with Gasteiger partial charge < -0.3 is 0 Å². The summed E-state index contributed by atoms with van der Waals surface area (Å²) >= 11 is 2.99. The number of thioether (sulfide) groups is 2. The highest BCUT2D eigenvalue weighted by Gasteiger charge is 2.37. The van der Waals surface area contributed by atoms with E-state index in [1.54, 1.807) is 18.8 Å². The maximum absolute atomic E-state index is 11.3. The Balaban J connectivity index is 0.000000220. The van der Waals surface area contributed by atoms with Crippen molar-refractivity contribution < 1.29 is 19.2 Å². The van der Waals surface area contributed by atoms with E-state index in [0.29, 0.717) is 19.4 Å². The van der Waals surface area contributed by atoms with E-state index < -0.39 is 0 Å². The first-order chi connectivity index (χ1) is 10.4. The van der Waals surface area contributed by atoms with E-state index in [-0.39, 0.29) is 34.1 Å². The molecule has 0 aromatic heterocycles. The number of amides is 4. The Bertz CT molecular complexity index is 470. The fourth-order valence-electron chi connectivity index (χ4n) is 2.22. The highest BCUT2D eigenvalue weighted by Crippen LogP contribution is 2.23. The third-order valence-corrected chi connectivity index (χ3v) is 5.55. The molecule has 2 saturated heterocycles. The normalized spacial score (nSPS) is 24.9. The van der Waals surface area contributed by atoms with Crippen LogP contribution in [0.25, 0.3) is 0 Å². The lowest BCUT2D eigenvalue weighted by Gasteiger charge is -2.09. The van der Waals surface area contributed by atoms with Gasteiger partial charge in [0.2, 0.25) is 23.6 Å². The largest absolute Gasteiger partial charge is 0.285 e. The summed E-state index contributed by atoms with van der Waals surface area (Å²) in [5, 5.41) is -0.236. The Morgan fingerprint density at radius 1 is 1.00 bits per heavy atom. The van der Waals surface area contributed by atoms with Gasteiger partial charge in [0.15, 0.2) is 0 Å². The monoisotopic (exact) mass is 346 g/mol. The van der Waals surface area contributed by atoms with E-state index >= 15 is 0 Å². The van der Waals surface area contributed by atoms with E-state index in [1.807, 2.05) is 20.1 Å². The summed E-state index contributed by atoms with van der Waals surface area (Å²) in [5.41, 5.74) is 0. The Hall–Kier alpha value is -1.02. The number of hydrogen-bond acceptors (Lipinski definition) is 6. The zero-order chi connectivity index (χ0) is 16.9. The Labute approximate surface area is 139 Å². The number of imide groups is 2. The molecular formula is C14H22N2O4S2. The van der Waals surface area contributed by atoms with Gasteiger partial charge in [-0.2, -0.15) is 11.8 Å². The molecule has 0 N–H and O–H groups in total. The summed E-state index contributed by atoms with van der Waals surface area (Å²) < 4.78 is 0. The van der Waals surface area contributed by atoms with Gasteiger partial charge in [-0.05, 0) is 18.9 Å². The molecular weight excluding hydrogens is 324 g/mol. The zero-order valence-electron chi connectivity index (χ0n) is 13.3. The molecule has 2 atom stereocenters. The minimum absolute atomic E-state index is 0.0231. The van der Waals surface area contributed by atoms with E-state index in [2.05, 4.69) is 0 Å². The van der Waals surface area contributed by atoms with Crippen molar-refractivity contribution in [1.82, 2.24) is 9.80 Å². The molecule has 2 heterocycles. The van der Waals surface area contributed by atoms with Gasteiger partial charge in [-0.15, -0.1) is 11.8 Å². The van der Waals surface area contributed by atoms with E-state index in [0.717, 1.165) is 5.75 Å². The molecule has 0 aliphatic carbocycles. The number of rotatable bonds is 4. The van der Waals surface area contributed by atoms with Crippen molar-refractivity contribution in [2.24, 2.45) is 0 Å². The van der Waals surface area contributed by atoms with Gasteiger partial charge in [0.1, 0.15) is 0 Å². The van der Waals surface area contributed by atoms with Crippen molar-refractivity contribution in [3.63, 3.8) is 0 Å². The highest BCUT2D eigenvalue weighted by molar-refractivity contribution is 8.00. The van der Waals surface area contributed by atoms with Crippen LogP contribution in [0.3, 0.4) is 0 Å². The SMILES string of the molecule is CCN1C(=O)CC(SC)C1=O.CCSC1CC(=O)N(C)C1=O. The molecule has 6 nitrogen and oxygen atoms in total. The quantitative estimate of drug-likeness (QED) is 0.707. The molecule has 8 heteroatoms. The molecule has 0 bridgehead atoms. The molecule has 2 fully saturated rings. The first-order valence-electron chi connectivity index (χ1n) is 7.16. The summed E-state index contributed by atoms with van der Waals surface area (Å²) in [6.45, 7) is 4.31. The third-order valence-electron chi connectivity index (χ3n) is 3.51. The molecule has 124 valence electrons. The second-order valence-electron chi connectivity index (χ2n) is 4.84. The van der Waals surface area contributed by atoms with Gasteiger partial charge in [-0.25, -0.2) is 0 Å². The average Bonchev–Trinajstić information content (AvgIpc) is 2.91. The average molecular weight is 346 g/mol. The van der Waals surface area contributed by atoms with Crippen molar-refractivity contribution in [2.75, 3.05) is 25.6 Å². The number of likely N-dealkylation sites (tertiary alicyclic amines) is 2. The van der Waals surface area contributed by atoms with Crippen LogP contribution in [0, 0.1) is 0 Å². The third kappa shape index (κ3) is 4.25. The maximum atomic E-state index is 11.3. The number of hydrogen-bond donors (Lipinski definition) is 0. The predicted octanol–water partition coefficient (Wildman–Crippen LogP) is 0.994. The van der Waals surface area contributed by atoms with Gasteiger partial charge in [0.05, 0.1) is 10.5 Å². The summed E-state index contributed by atoms with van der Waals surface area (Å²) in [6, 6.07) is 0. The number of carbonyl (C=O) groups is 4. The first-order valence-corrected chi connectivity index (χ1v) is 9.49. The molecule has 2 rings (SSSR count). The summed E-state index contributed by atoms with van der Waals surface area (Å²) in [4.78, 5) is 47.0. The fourth-order valence-corrected chi connectivity index (χ4v) is 3.82. The van der Waals surface area contributed by atoms with Crippen LogP contribution in [-0.4, -0.2) is 69.5 Å². The lowest BCUT2D eigenvalue weighted by atomic mass is 10.4. The molecule has 0 aromatic carbocycles. The summed E-state index contributed by atoms with van der Waals surface area (Å²) in [7, 11) is 1.54. The van der Waals surface area contributed by atoms with Crippen molar-refractivity contribution in [2.45, 2.75) is 37.2 Å². The van der Waals surface area contributed by atoms with Crippen LogP contribution in [-0.2, 0) is 19.2 Å². The van der Waals surface area contributed by atoms with Crippen LogP contribution in [0.5, 0.6) is 0 Å². The Kier molecular flexibility index (Phi) is 7.41. The second kappa shape index (κ2) is 8.57. The van der Waals surface area contributed by atoms with Crippen molar-refractivity contribution in [3.8, 4) is 0 Å². The fraction of sp³-hybridized carbons (Fsp3) is 0.714. The van der Waals surface area contributed by atoms with E-state index in [9.17, 15) is 19.2 Å². The van der Waals surface area contributed by atoms with Crippen molar-refractivity contribution in [1.29, 1.82) is 0 Å². The minimum Gasteiger partial charge on any atom is -0.285 e. The highest BCUT2D eigenvalue weighted by atomic mass is 32.2. The van der Waals surface area contributed by atoms with E-state index in [4.69, 9.17) is 0 Å². The zero-order valence-corrected chi connectivity index (χ0v) is 15.0. The summed E-state index contributed by atoms with van der Waals surface area (Å²) in [6.07, 6.45) is 2.62. The predicted molar refractivity (Wildman–Crippen MR) is 88.6 cm³/mol. The molecule has 2 aliphatic heterocycles. The van der Waals surface area contributed by atoms with Crippen molar-refractivity contribution in [3.05, 3.63) is 0 Å². The van der Waals surface area contributed by atoms with Crippen LogP contribution in [0.4, 0.5) is 0 Å². The second-order valence-corrected chi connectivity index (χ2v) is 7.36. The molecule has 2 unspecified atom stereocenters. The Morgan fingerprint density at radius 3 is 1.91 bits per heavy atom. The van der Waals surface area contributed by atoms with Gasteiger partial charge in [0, 0.05) is 26.4 Å². The lowest BCUT2D eigenvalue weighted by Crippen LogP contribution is -2.30. The summed E-state index contributed by atoms with van der Waals surface area (Å²) in [5.74, 6) is 0.738. The molecule has 0 spiro atoms. The van der Waals surface area contributed by atoms with Crippen LogP contribution < -0.4 is 0 Å². The molecule has 22 heavy (non-hydrogen) atoms. The van der Waals surface area contributed by atoms with Crippen LogP contribution in [0.1, 0.15) is 26.7 Å². The van der Waals surface area contributed by atoms with Gasteiger partial charge in [-0.1, -0.05) is 6.92 Å². The molecule has 0 aromatic rings. The van der Waals surface area contributed by atoms with Gasteiger partial charge >= 0.3 is 0 Å². The lowest BCUT2D eigenvalue weighted by molar-refractivity contribution is -0.139. The Morgan fingerprint density at radius 2 is 1.59 bits per heavy atom.